The number of halogens is 3. The van der Waals surface area contributed by atoms with Crippen LogP contribution in [0.3, 0.4) is 0 Å². The molecule has 0 radical (unpaired) electrons. The molecule has 0 unspecified atom stereocenters. The number of rotatable bonds is 8. The van der Waals surface area contributed by atoms with E-state index in [4.69, 9.17) is 5.11 Å². The maximum Gasteiger partial charge on any atom is 0.417 e. The Morgan fingerprint density at radius 2 is 1.78 bits per heavy atom. The summed E-state index contributed by atoms with van der Waals surface area (Å²) in [4.78, 5) is 27.8. The Labute approximate surface area is 213 Å². The van der Waals surface area contributed by atoms with Gasteiger partial charge in [-0.1, -0.05) is 43.2 Å². The number of carboxylic acids is 1. The molecule has 1 aromatic heterocycles. The maximum absolute atomic E-state index is 13.2. The van der Waals surface area contributed by atoms with Crippen molar-refractivity contribution in [3.63, 3.8) is 0 Å². The van der Waals surface area contributed by atoms with Crippen molar-refractivity contribution < 1.29 is 27.9 Å². The topological polar surface area (TPSA) is 79.3 Å². The molecule has 194 valence electrons. The highest BCUT2D eigenvalue weighted by Crippen LogP contribution is 2.39. The molecule has 5 nitrogen and oxygen atoms in total. The number of amides is 1. The molecule has 0 aliphatic heterocycles. The first-order valence-electron chi connectivity index (χ1n) is 12.4. The van der Waals surface area contributed by atoms with Crippen LogP contribution in [0.5, 0.6) is 0 Å². The Morgan fingerprint density at radius 1 is 1.03 bits per heavy atom. The van der Waals surface area contributed by atoms with E-state index < -0.39 is 17.7 Å². The molecule has 0 bridgehead atoms. The van der Waals surface area contributed by atoms with Gasteiger partial charge in [0.05, 0.1) is 12.0 Å². The third-order valence-corrected chi connectivity index (χ3v) is 7.02. The first kappa shape index (κ1) is 26.4. The van der Waals surface area contributed by atoms with Crippen LogP contribution in [0.15, 0.2) is 54.9 Å². The molecule has 1 amide bonds. The second-order valence-corrected chi connectivity index (χ2v) is 9.56. The average molecular weight is 511 g/mol. The van der Waals surface area contributed by atoms with E-state index in [-0.39, 0.29) is 24.7 Å². The van der Waals surface area contributed by atoms with Gasteiger partial charge in [0.1, 0.15) is 0 Å². The van der Waals surface area contributed by atoms with Gasteiger partial charge >= 0.3 is 12.1 Å². The molecule has 0 saturated heterocycles. The van der Waals surface area contributed by atoms with Gasteiger partial charge in [-0.25, -0.2) is 0 Å². The lowest BCUT2D eigenvalue weighted by Crippen LogP contribution is -2.17. The lowest BCUT2D eigenvalue weighted by atomic mass is 9.88. The summed E-state index contributed by atoms with van der Waals surface area (Å²) < 4.78 is 39.6. The van der Waals surface area contributed by atoms with Gasteiger partial charge in [0.25, 0.3) is 0 Å². The average Bonchev–Trinajstić information content (AvgIpc) is 3.39. The molecule has 0 atom stereocenters. The number of hydrogen-bond acceptors (Lipinski definition) is 3. The standard InChI is InChI=1S/C29H29F3N2O3/c1-18-19(11-12-28(36)37)7-4-8-26(18)34-27(35)15-22-10-9-21(14-25(22)20-5-2-3-6-20)23-13-24(17-33-16-23)29(30,31)32/h4,7-10,13-14,16-17,20H,2-3,5-6,11-12,15H2,1H3,(H,34,35)(H,36,37). The number of nitrogens with one attached hydrogen (secondary N) is 1. The monoisotopic (exact) mass is 510 g/mol. The predicted molar refractivity (Wildman–Crippen MR) is 135 cm³/mol. The van der Waals surface area contributed by atoms with Crippen LogP contribution in [0.4, 0.5) is 18.9 Å². The smallest absolute Gasteiger partial charge is 0.417 e. The Kier molecular flexibility index (Phi) is 7.95. The van der Waals surface area contributed by atoms with E-state index >= 15 is 0 Å². The lowest BCUT2D eigenvalue weighted by molar-refractivity contribution is -0.138. The van der Waals surface area contributed by atoms with Crippen LogP contribution in [0.2, 0.25) is 0 Å². The summed E-state index contributed by atoms with van der Waals surface area (Å²) in [5, 5.41) is 11.9. The molecule has 0 spiro atoms. The number of benzene rings is 2. The number of anilines is 1. The number of nitrogens with zero attached hydrogens (tertiary/aromatic N) is 1. The molecular weight excluding hydrogens is 481 g/mol. The van der Waals surface area contributed by atoms with Crippen LogP contribution >= 0.6 is 0 Å². The molecular formula is C29H29F3N2O3. The first-order valence-corrected chi connectivity index (χ1v) is 12.4. The minimum atomic E-state index is -4.47. The molecule has 2 N–H and O–H groups in total. The van der Waals surface area contributed by atoms with Crippen molar-refractivity contribution in [1.29, 1.82) is 0 Å². The van der Waals surface area contributed by atoms with Gasteiger partial charge in [-0.15, -0.1) is 0 Å². The van der Waals surface area contributed by atoms with Gasteiger partial charge in [-0.2, -0.15) is 13.2 Å². The summed E-state index contributed by atoms with van der Waals surface area (Å²) in [5.41, 5.74) is 4.43. The SMILES string of the molecule is Cc1c(CCC(=O)O)cccc1NC(=O)Cc1ccc(-c2cncc(C(F)(F)F)c2)cc1C1CCCC1. The largest absolute Gasteiger partial charge is 0.481 e. The molecule has 1 fully saturated rings. The number of aromatic nitrogens is 1. The van der Waals surface area contributed by atoms with E-state index in [0.717, 1.165) is 60.2 Å². The summed E-state index contributed by atoms with van der Waals surface area (Å²) in [7, 11) is 0. The van der Waals surface area contributed by atoms with Crippen molar-refractivity contribution in [1.82, 2.24) is 4.98 Å². The molecule has 8 heteroatoms. The van der Waals surface area contributed by atoms with E-state index in [2.05, 4.69) is 10.3 Å². The fraction of sp³-hybridized carbons (Fsp3) is 0.345. The summed E-state index contributed by atoms with van der Waals surface area (Å²) in [6, 6.07) is 12.0. The molecule has 3 aromatic rings. The quantitative estimate of drug-likeness (QED) is 0.344. The van der Waals surface area contributed by atoms with Crippen molar-refractivity contribution in [2.75, 3.05) is 5.32 Å². The number of carbonyl (C=O) groups excluding carboxylic acids is 1. The third-order valence-electron chi connectivity index (χ3n) is 7.02. The minimum absolute atomic E-state index is 0.0106. The lowest BCUT2D eigenvalue weighted by Gasteiger charge is -2.18. The van der Waals surface area contributed by atoms with Gasteiger partial charge in [-0.3, -0.25) is 14.6 Å². The number of hydrogen-bond donors (Lipinski definition) is 2. The normalized spacial score (nSPS) is 14.1. The second-order valence-electron chi connectivity index (χ2n) is 9.56. The summed E-state index contributed by atoms with van der Waals surface area (Å²) in [6.45, 7) is 1.86. The Bertz CT molecular complexity index is 1300. The molecule has 1 aliphatic carbocycles. The Morgan fingerprint density at radius 3 is 2.49 bits per heavy atom. The summed E-state index contributed by atoms with van der Waals surface area (Å²) in [5.74, 6) is -0.827. The maximum atomic E-state index is 13.2. The number of pyridine rings is 1. The highest BCUT2D eigenvalue weighted by Gasteiger charge is 2.31. The zero-order chi connectivity index (χ0) is 26.6. The number of carbonyl (C=O) groups is 2. The molecule has 1 aliphatic rings. The van der Waals surface area contributed by atoms with Gasteiger partial charge in [0, 0.05) is 30.1 Å². The molecule has 1 heterocycles. The van der Waals surface area contributed by atoms with Gasteiger partial charge in [0.2, 0.25) is 5.91 Å². The molecule has 1 saturated carbocycles. The van der Waals surface area contributed by atoms with Crippen LogP contribution in [0.25, 0.3) is 11.1 Å². The van der Waals surface area contributed by atoms with Gasteiger partial charge < -0.3 is 10.4 Å². The van der Waals surface area contributed by atoms with Gasteiger partial charge in [-0.05, 0) is 72.1 Å². The van der Waals surface area contributed by atoms with E-state index in [1.807, 2.05) is 25.1 Å². The molecule has 37 heavy (non-hydrogen) atoms. The highest BCUT2D eigenvalue weighted by molar-refractivity contribution is 5.93. The second kappa shape index (κ2) is 11.2. The fourth-order valence-corrected chi connectivity index (χ4v) is 5.00. The number of aryl methyl sites for hydroxylation is 1. The highest BCUT2D eigenvalue weighted by atomic mass is 19.4. The van der Waals surface area contributed by atoms with E-state index in [9.17, 15) is 22.8 Å². The molecule has 4 rings (SSSR count). The summed E-state index contributed by atoms with van der Waals surface area (Å²) >= 11 is 0. The van der Waals surface area contributed by atoms with Crippen molar-refractivity contribution in [2.45, 2.75) is 64.0 Å². The Balaban J connectivity index is 1.58. The van der Waals surface area contributed by atoms with Crippen LogP contribution in [-0.4, -0.2) is 22.0 Å². The van der Waals surface area contributed by atoms with Crippen LogP contribution in [0, 0.1) is 6.92 Å². The zero-order valence-electron chi connectivity index (χ0n) is 20.6. The number of alkyl halides is 3. The first-order chi connectivity index (χ1) is 17.6. The predicted octanol–water partition coefficient (Wildman–Crippen LogP) is 6.93. The van der Waals surface area contributed by atoms with E-state index in [0.29, 0.717) is 23.2 Å². The van der Waals surface area contributed by atoms with Crippen molar-refractivity contribution in [3.8, 4) is 11.1 Å². The molecule has 2 aromatic carbocycles. The zero-order valence-corrected chi connectivity index (χ0v) is 20.6. The van der Waals surface area contributed by atoms with Crippen LogP contribution < -0.4 is 5.32 Å². The fourth-order valence-electron chi connectivity index (χ4n) is 5.00. The number of carboxylic acid groups (broad SMARTS) is 1. The van der Waals surface area contributed by atoms with Crippen LogP contribution in [0.1, 0.15) is 65.8 Å². The van der Waals surface area contributed by atoms with Crippen molar-refractivity contribution >= 4 is 17.6 Å². The third kappa shape index (κ3) is 6.56. The minimum Gasteiger partial charge on any atom is -0.481 e. The van der Waals surface area contributed by atoms with Gasteiger partial charge in [0.15, 0.2) is 0 Å². The number of aliphatic carboxylic acids is 1. The van der Waals surface area contributed by atoms with Crippen molar-refractivity contribution in [3.05, 3.63) is 82.7 Å². The van der Waals surface area contributed by atoms with Crippen molar-refractivity contribution in [2.24, 2.45) is 0 Å². The summed E-state index contributed by atoms with van der Waals surface area (Å²) in [6.07, 6.45) is 2.40. The van der Waals surface area contributed by atoms with E-state index in [1.54, 1.807) is 18.2 Å². The Hall–Kier alpha value is -3.68. The van der Waals surface area contributed by atoms with E-state index in [1.165, 1.54) is 6.20 Å². The van der Waals surface area contributed by atoms with Crippen LogP contribution in [-0.2, 0) is 28.6 Å².